The molecule has 0 amide bonds. The molecule has 1 aromatic rings. The Labute approximate surface area is 90.1 Å². The Morgan fingerprint density at radius 2 is 2.23 bits per heavy atom. The Kier molecular flexibility index (Phi) is 3.53. The zero-order valence-corrected chi connectivity index (χ0v) is 9.11. The van der Waals surface area contributed by atoms with Gasteiger partial charge in [-0.2, -0.15) is 0 Å². The summed E-state index contributed by atoms with van der Waals surface area (Å²) in [5.74, 6) is -0.832. The molecule has 0 aliphatic carbocycles. The Balaban J connectivity index is 2.89. The molecule has 0 aliphatic heterocycles. The van der Waals surface area contributed by atoms with Crippen LogP contribution in [0.15, 0.2) is 18.2 Å². The second kappa shape index (κ2) is 4.45. The average molecular weight is 291 g/mol. The third kappa shape index (κ3) is 2.87. The zero-order valence-electron chi connectivity index (χ0n) is 6.96. The average Bonchev–Trinajstić information content (AvgIpc) is 2.03. The van der Waals surface area contributed by atoms with Gasteiger partial charge in [-0.25, -0.2) is 0 Å². The van der Waals surface area contributed by atoms with Gasteiger partial charge in [0.25, 0.3) is 0 Å². The van der Waals surface area contributed by atoms with Crippen LogP contribution in [0.5, 0.6) is 0 Å². The molecule has 0 fully saturated rings. The summed E-state index contributed by atoms with van der Waals surface area (Å²) in [6.45, 7) is 0. The fourth-order valence-corrected chi connectivity index (χ4v) is 1.75. The number of rotatable bonds is 3. The third-order valence-corrected chi connectivity index (χ3v) is 2.53. The molecule has 0 radical (unpaired) electrons. The molecule has 1 rings (SSSR count). The molecule has 13 heavy (non-hydrogen) atoms. The standard InChI is InChI=1S/C9H10INO2/c10-5-7-2-1-6(3-8(7)11)4-9(12)13/h1-3H,4-5,11H2,(H,12,13). The topological polar surface area (TPSA) is 63.3 Å². The minimum atomic E-state index is -0.832. The number of hydrogen-bond acceptors (Lipinski definition) is 2. The van der Waals surface area contributed by atoms with Crippen molar-refractivity contribution in [1.29, 1.82) is 0 Å². The molecule has 4 heteroatoms. The number of hydrogen-bond donors (Lipinski definition) is 2. The molecule has 0 spiro atoms. The summed E-state index contributed by atoms with van der Waals surface area (Å²) in [4.78, 5) is 10.4. The van der Waals surface area contributed by atoms with E-state index in [1.165, 1.54) is 0 Å². The first kappa shape index (κ1) is 10.3. The van der Waals surface area contributed by atoms with Crippen molar-refractivity contribution in [3.8, 4) is 0 Å². The quantitative estimate of drug-likeness (QED) is 0.507. The van der Waals surface area contributed by atoms with Crippen LogP contribution in [0.1, 0.15) is 11.1 Å². The number of carbonyl (C=O) groups is 1. The van der Waals surface area contributed by atoms with Crippen LogP contribution in [0.4, 0.5) is 5.69 Å². The van der Waals surface area contributed by atoms with E-state index in [4.69, 9.17) is 10.8 Å². The van der Waals surface area contributed by atoms with Crippen LogP contribution < -0.4 is 5.73 Å². The Bertz CT molecular complexity index is 325. The highest BCUT2D eigenvalue weighted by atomic mass is 127. The molecular formula is C9H10INO2. The molecule has 70 valence electrons. The van der Waals surface area contributed by atoms with Gasteiger partial charge in [-0.05, 0) is 17.2 Å². The molecule has 0 bridgehead atoms. The van der Waals surface area contributed by atoms with E-state index in [-0.39, 0.29) is 6.42 Å². The third-order valence-electron chi connectivity index (χ3n) is 1.71. The van der Waals surface area contributed by atoms with Gasteiger partial charge in [-0.15, -0.1) is 0 Å². The lowest BCUT2D eigenvalue weighted by molar-refractivity contribution is -0.136. The number of nitrogens with two attached hydrogens (primary N) is 1. The van der Waals surface area contributed by atoms with Gasteiger partial charge in [0.1, 0.15) is 0 Å². The number of anilines is 1. The van der Waals surface area contributed by atoms with Crippen LogP contribution in [0, 0.1) is 0 Å². The number of carboxylic acids is 1. The van der Waals surface area contributed by atoms with Crippen molar-refractivity contribution < 1.29 is 9.90 Å². The maximum absolute atomic E-state index is 10.4. The first-order valence-electron chi connectivity index (χ1n) is 3.78. The number of alkyl halides is 1. The van der Waals surface area contributed by atoms with Crippen LogP contribution in [-0.2, 0) is 15.6 Å². The molecule has 0 saturated carbocycles. The predicted octanol–water partition coefficient (Wildman–Crippen LogP) is 1.83. The minimum absolute atomic E-state index is 0.0335. The predicted molar refractivity (Wildman–Crippen MR) is 59.9 cm³/mol. The highest BCUT2D eigenvalue weighted by Crippen LogP contribution is 2.17. The fourth-order valence-electron chi connectivity index (χ4n) is 1.05. The summed E-state index contributed by atoms with van der Waals surface area (Å²) in [7, 11) is 0. The largest absolute Gasteiger partial charge is 0.481 e. The SMILES string of the molecule is Nc1cc(CC(=O)O)ccc1CI. The summed E-state index contributed by atoms with van der Waals surface area (Å²) >= 11 is 2.22. The van der Waals surface area contributed by atoms with Gasteiger partial charge in [-0.1, -0.05) is 34.7 Å². The maximum atomic E-state index is 10.4. The van der Waals surface area contributed by atoms with Crippen LogP contribution in [0.3, 0.4) is 0 Å². The molecule has 1 aromatic carbocycles. The monoisotopic (exact) mass is 291 g/mol. The van der Waals surface area contributed by atoms with Gasteiger partial charge in [0.05, 0.1) is 6.42 Å². The first-order chi connectivity index (χ1) is 6.13. The van der Waals surface area contributed by atoms with Crippen molar-refractivity contribution in [2.75, 3.05) is 5.73 Å². The van der Waals surface area contributed by atoms with E-state index in [1.807, 2.05) is 6.07 Å². The molecule has 0 heterocycles. The van der Waals surface area contributed by atoms with E-state index in [0.717, 1.165) is 15.6 Å². The lowest BCUT2D eigenvalue weighted by Gasteiger charge is -2.03. The molecule has 3 N–H and O–H groups in total. The molecule has 0 aliphatic rings. The Morgan fingerprint density at radius 3 is 2.69 bits per heavy atom. The second-order valence-corrected chi connectivity index (χ2v) is 3.50. The number of nitrogen functional groups attached to an aromatic ring is 1. The Morgan fingerprint density at radius 1 is 1.54 bits per heavy atom. The van der Waals surface area contributed by atoms with Crippen molar-refractivity contribution >= 4 is 34.2 Å². The van der Waals surface area contributed by atoms with E-state index in [9.17, 15) is 4.79 Å². The van der Waals surface area contributed by atoms with E-state index < -0.39 is 5.97 Å². The zero-order chi connectivity index (χ0) is 9.84. The molecular weight excluding hydrogens is 281 g/mol. The van der Waals surface area contributed by atoms with E-state index in [1.54, 1.807) is 12.1 Å². The van der Waals surface area contributed by atoms with Crippen LogP contribution in [0.2, 0.25) is 0 Å². The van der Waals surface area contributed by atoms with Gasteiger partial charge in [0.15, 0.2) is 0 Å². The lowest BCUT2D eigenvalue weighted by Crippen LogP contribution is -2.01. The highest BCUT2D eigenvalue weighted by Gasteiger charge is 2.03. The van der Waals surface area contributed by atoms with Crippen molar-refractivity contribution in [2.24, 2.45) is 0 Å². The summed E-state index contributed by atoms with van der Waals surface area (Å²) in [5.41, 5.74) is 8.18. The molecule has 0 aromatic heterocycles. The van der Waals surface area contributed by atoms with E-state index >= 15 is 0 Å². The summed E-state index contributed by atoms with van der Waals surface area (Å²) in [6, 6.07) is 5.40. The smallest absolute Gasteiger partial charge is 0.307 e. The summed E-state index contributed by atoms with van der Waals surface area (Å²) < 4.78 is 0.844. The van der Waals surface area contributed by atoms with Gasteiger partial charge in [0.2, 0.25) is 0 Å². The molecule has 0 atom stereocenters. The van der Waals surface area contributed by atoms with Crippen LogP contribution in [0.25, 0.3) is 0 Å². The van der Waals surface area contributed by atoms with Crippen molar-refractivity contribution in [3.63, 3.8) is 0 Å². The van der Waals surface area contributed by atoms with Gasteiger partial charge >= 0.3 is 5.97 Å². The van der Waals surface area contributed by atoms with Crippen molar-refractivity contribution in [1.82, 2.24) is 0 Å². The molecule has 0 saturated heterocycles. The summed E-state index contributed by atoms with van der Waals surface area (Å²) in [5, 5.41) is 8.54. The van der Waals surface area contributed by atoms with E-state index in [0.29, 0.717) is 5.69 Å². The van der Waals surface area contributed by atoms with Crippen molar-refractivity contribution in [2.45, 2.75) is 10.8 Å². The van der Waals surface area contributed by atoms with Crippen LogP contribution >= 0.6 is 22.6 Å². The number of carboxylic acid groups (broad SMARTS) is 1. The van der Waals surface area contributed by atoms with Gasteiger partial charge < -0.3 is 10.8 Å². The first-order valence-corrected chi connectivity index (χ1v) is 5.31. The second-order valence-electron chi connectivity index (χ2n) is 2.74. The van der Waals surface area contributed by atoms with Crippen molar-refractivity contribution in [3.05, 3.63) is 29.3 Å². The van der Waals surface area contributed by atoms with E-state index in [2.05, 4.69) is 22.6 Å². The van der Waals surface area contributed by atoms with Gasteiger partial charge in [0, 0.05) is 10.1 Å². The van der Waals surface area contributed by atoms with Crippen LogP contribution in [-0.4, -0.2) is 11.1 Å². The minimum Gasteiger partial charge on any atom is -0.481 e. The highest BCUT2D eigenvalue weighted by molar-refractivity contribution is 14.1. The number of halogens is 1. The molecule has 3 nitrogen and oxygen atoms in total. The normalized spacial score (nSPS) is 9.92. The summed E-state index contributed by atoms with van der Waals surface area (Å²) in [6.07, 6.45) is 0.0335. The fraction of sp³-hybridized carbons (Fsp3) is 0.222. The lowest BCUT2D eigenvalue weighted by atomic mass is 10.1. The Hall–Kier alpha value is -0.780. The molecule has 0 unspecified atom stereocenters. The maximum Gasteiger partial charge on any atom is 0.307 e. The number of benzene rings is 1. The van der Waals surface area contributed by atoms with Gasteiger partial charge in [-0.3, -0.25) is 4.79 Å². The number of aliphatic carboxylic acids is 1.